The van der Waals surface area contributed by atoms with Gasteiger partial charge >= 0.3 is 0 Å². The van der Waals surface area contributed by atoms with E-state index in [9.17, 15) is 4.79 Å². The first-order chi connectivity index (χ1) is 7.61. The maximum absolute atomic E-state index is 10.6. The van der Waals surface area contributed by atoms with Crippen LogP contribution >= 0.6 is 0 Å². The number of ether oxygens (including phenoxy) is 1. The third kappa shape index (κ3) is 4.08. The summed E-state index contributed by atoms with van der Waals surface area (Å²) in [5.41, 5.74) is 12.0. The zero-order valence-corrected chi connectivity index (χ0v) is 9.32. The van der Waals surface area contributed by atoms with Crippen molar-refractivity contribution in [2.75, 3.05) is 24.2 Å². The molecule has 1 aromatic rings. The average Bonchev–Trinajstić information content (AvgIpc) is 2.23. The number of carbonyl (C=O) groups excluding carboxylic acids is 1. The first-order valence-electron chi connectivity index (χ1n) is 5.17. The molecule has 0 spiro atoms. The van der Waals surface area contributed by atoms with Crippen LogP contribution in [0.4, 0.5) is 11.4 Å². The molecular weight excluding hydrogens is 206 g/mol. The van der Waals surface area contributed by atoms with Crippen LogP contribution in [-0.2, 0) is 4.79 Å². The minimum absolute atomic E-state index is 0.0800. The van der Waals surface area contributed by atoms with E-state index in [4.69, 9.17) is 16.2 Å². The summed E-state index contributed by atoms with van der Waals surface area (Å²) in [6.07, 6.45) is 0.929. The summed E-state index contributed by atoms with van der Waals surface area (Å²) in [7, 11) is 0. The van der Waals surface area contributed by atoms with E-state index in [2.05, 4.69) is 5.32 Å². The molecule has 0 heterocycles. The fourth-order valence-electron chi connectivity index (χ4n) is 1.22. The number of rotatable bonds is 6. The molecule has 5 nitrogen and oxygen atoms in total. The van der Waals surface area contributed by atoms with Crippen LogP contribution in [0, 0.1) is 0 Å². The molecule has 5 heteroatoms. The van der Waals surface area contributed by atoms with Crippen LogP contribution in [0.25, 0.3) is 0 Å². The summed E-state index contributed by atoms with van der Waals surface area (Å²) >= 11 is 0. The van der Waals surface area contributed by atoms with Gasteiger partial charge in [-0.25, -0.2) is 0 Å². The summed E-state index contributed by atoms with van der Waals surface area (Å²) < 4.78 is 5.45. The molecular formula is C11H17N3O2. The van der Waals surface area contributed by atoms with Crippen molar-refractivity contribution < 1.29 is 9.53 Å². The van der Waals surface area contributed by atoms with E-state index in [-0.39, 0.29) is 6.54 Å². The Balaban J connectivity index is 2.69. The smallest absolute Gasteiger partial charge is 0.236 e. The molecule has 16 heavy (non-hydrogen) atoms. The van der Waals surface area contributed by atoms with Crippen molar-refractivity contribution in [2.24, 2.45) is 5.73 Å². The molecule has 0 saturated heterocycles. The van der Waals surface area contributed by atoms with Crippen LogP contribution in [0.1, 0.15) is 13.3 Å². The first-order valence-corrected chi connectivity index (χ1v) is 5.17. The van der Waals surface area contributed by atoms with Gasteiger partial charge in [0, 0.05) is 23.5 Å². The lowest BCUT2D eigenvalue weighted by Gasteiger charge is -2.09. The van der Waals surface area contributed by atoms with Gasteiger partial charge in [0.2, 0.25) is 5.91 Å². The van der Waals surface area contributed by atoms with Gasteiger partial charge in [-0.05, 0) is 12.5 Å². The summed E-state index contributed by atoms with van der Waals surface area (Å²) in [6, 6.07) is 5.25. The highest BCUT2D eigenvalue weighted by molar-refractivity contribution is 5.79. The number of nitrogens with one attached hydrogen (secondary N) is 1. The molecule has 0 aliphatic rings. The molecule has 0 aliphatic heterocycles. The Bertz CT molecular complexity index is 366. The Hall–Kier alpha value is -1.91. The van der Waals surface area contributed by atoms with E-state index in [1.807, 2.05) is 6.92 Å². The van der Waals surface area contributed by atoms with Gasteiger partial charge in [-0.3, -0.25) is 4.79 Å². The molecule has 0 aromatic heterocycles. The quantitative estimate of drug-likeness (QED) is 0.626. The second-order valence-corrected chi connectivity index (χ2v) is 3.46. The first kappa shape index (κ1) is 12.2. The van der Waals surface area contributed by atoms with Crippen LogP contribution < -0.4 is 21.5 Å². The predicted octanol–water partition coefficient (Wildman–Crippen LogP) is 0.955. The molecule has 1 rings (SSSR count). The number of nitrogens with two attached hydrogens (primary N) is 2. The van der Waals surface area contributed by atoms with Crippen LogP contribution in [0.3, 0.4) is 0 Å². The number of benzene rings is 1. The maximum Gasteiger partial charge on any atom is 0.236 e. The highest BCUT2D eigenvalue weighted by Crippen LogP contribution is 2.22. The Morgan fingerprint density at radius 3 is 2.81 bits per heavy atom. The Morgan fingerprint density at radius 1 is 1.44 bits per heavy atom. The molecule has 0 fully saturated rings. The number of primary amides is 1. The molecule has 5 N–H and O–H groups in total. The normalized spacial score (nSPS) is 9.81. The minimum atomic E-state index is -0.418. The lowest BCUT2D eigenvalue weighted by molar-refractivity contribution is -0.116. The zero-order chi connectivity index (χ0) is 12.0. The summed E-state index contributed by atoms with van der Waals surface area (Å²) in [5.74, 6) is 0.271. The van der Waals surface area contributed by atoms with Gasteiger partial charge in [0.15, 0.2) is 0 Å². The maximum atomic E-state index is 10.6. The SMILES string of the molecule is CCCOc1cc(N)cc(NCC(N)=O)c1. The summed E-state index contributed by atoms with van der Waals surface area (Å²) in [5, 5.41) is 2.87. The van der Waals surface area contributed by atoms with Gasteiger partial charge in [-0.2, -0.15) is 0 Å². The molecule has 0 radical (unpaired) electrons. The molecule has 0 aliphatic carbocycles. The second kappa shape index (κ2) is 5.85. The molecule has 1 aromatic carbocycles. The number of hydrogen-bond donors (Lipinski definition) is 3. The van der Waals surface area contributed by atoms with E-state index in [0.29, 0.717) is 18.0 Å². The Morgan fingerprint density at radius 2 is 2.19 bits per heavy atom. The average molecular weight is 223 g/mol. The van der Waals surface area contributed by atoms with Crippen LogP contribution in [0.5, 0.6) is 5.75 Å². The molecule has 0 bridgehead atoms. The molecule has 0 atom stereocenters. The van der Waals surface area contributed by atoms with Crippen molar-refractivity contribution in [3.63, 3.8) is 0 Å². The van der Waals surface area contributed by atoms with Crippen molar-refractivity contribution in [2.45, 2.75) is 13.3 Å². The van der Waals surface area contributed by atoms with E-state index in [1.54, 1.807) is 18.2 Å². The number of nitrogen functional groups attached to an aromatic ring is 1. The predicted molar refractivity (Wildman–Crippen MR) is 64.3 cm³/mol. The van der Waals surface area contributed by atoms with Gasteiger partial charge in [0.25, 0.3) is 0 Å². The molecule has 88 valence electrons. The second-order valence-electron chi connectivity index (χ2n) is 3.46. The standard InChI is InChI=1S/C11H17N3O2/c1-2-3-16-10-5-8(12)4-9(6-10)14-7-11(13)15/h4-6,14H,2-3,7,12H2,1H3,(H2,13,15). The lowest BCUT2D eigenvalue weighted by Crippen LogP contribution is -2.21. The van der Waals surface area contributed by atoms with Gasteiger partial charge in [-0.1, -0.05) is 6.92 Å². The van der Waals surface area contributed by atoms with Gasteiger partial charge < -0.3 is 21.5 Å². The molecule has 1 amide bonds. The number of amides is 1. The van der Waals surface area contributed by atoms with E-state index in [1.165, 1.54) is 0 Å². The monoisotopic (exact) mass is 223 g/mol. The number of anilines is 2. The zero-order valence-electron chi connectivity index (χ0n) is 9.32. The number of hydrogen-bond acceptors (Lipinski definition) is 4. The van der Waals surface area contributed by atoms with E-state index in [0.717, 1.165) is 12.1 Å². The highest BCUT2D eigenvalue weighted by Gasteiger charge is 2.01. The van der Waals surface area contributed by atoms with Crippen molar-refractivity contribution in [1.29, 1.82) is 0 Å². The Labute approximate surface area is 94.8 Å². The topological polar surface area (TPSA) is 90.4 Å². The number of carbonyl (C=O) groups is 1. The molecule has 0 unspecified atom stereocenters. The Kier molecular flexibility index (Phi) is 4.44. The van der Waals surface area contributed by atoms with E-state index >= 15 is 0 Å². The highest BCUT2D eigenvalue weighted by atomic mass is 16.5. The van der Waals surface area contributed by atoms with E-state index < -0.39 is 5.91 Å². The summed E-state index contributed by atoms with van der Waals surface area (Å²) in [6.45, 7) is 2.74. The summed E-state index contributed by atoms with van der Waals surface area (Å²) in [4.78, 5) is 10.6. The third-order valence-corrected chi connectivity index (χ3v) is 1.87. The van der Waals surface area contributed by atoms with Crippen molar-refractivity contribution in [1.82, 2.24) is 0 Å². The minimum Gasteiger partial charge on any atom is -0.493 e. The van der Waals surface area contributed by atoms with Crippen LogP contribution in [0.2, 0.25) is 0 Å². The van der Waals surface area contributed by atoms with Crippen molar-refractivity contribution in [3.05, 3.63) is 18.2 Å². The van der Waals surface area contributed by atoms with Crippen molar-refractivity contribution in [3.8, 4) is 5.75 Å². The fourth-order valence-corrected chi connectivity index (χ4v) is 1.22. The third-order valence-electron chi connectivity index (χ3n) is 1.87. The van der Waals surface area contributed by atoms with Gasteiger partial charge in [-0.15, -0.1) is 0 Å². The lowest BCUT2D eigenvalue weighted by atomic mass is 10.2. The van der Waals surface area contributed by atoms with Gasteiger partial charge in [0.1, 0.15) is 5.75 Å². The molecule has 0 saturated carbocycles. The van der Waals surface area contributed by atoms with Gasteiger partial charge in [0.05, 0.1) is 13.2 Å². The van der Waals surface area contributed by atoms with Crippen molar-refractivity contribution >= 4 is 17.3 Å². The fraction of sp³-hybridized carbons (Fsp3) is 0.364. The largest absolute Gasteiger partial charge is 0.493 e. The van der Waals surface area contributed by atoms with Crippen LogP contribution in [-0.4, -0.2) is 19.1 Å². The van der Waals surface area contributed by atoms with Crippen LogP contribution in [0.15, 0.2) is 18.2 Å².